The highest BCUT2D eigenvalue weighted by atomic mass is 32.2. The summed E-state index contributed by atoms with van der Waals surface area (Å²) < 4.78 is 7.85. The first-order valence-electron chi connectivity index (χ1n) is 11.2. The van der Waals surface area contributed by atoms with E-state index in [0.717, 1.165) is 48.1 Å². The molecule has 4 rings (SSSR count). The first kappa shape index (κ1) is 24.0. The average molecular weight is 494 g/mol. The Balaban J connectivity index is 1.40. The van der Waals surface area contributed by atoms with Crippen molar-refractivity contribution in [3.63, 3.8) is 0 Å². The maximum atomic E-state index is 12.7. The van der Waals surface area contributed by atoms with E-state index >= 15 is 0 Å². The number of allylic oxidation sites excluding steroid dienone is 1. The predicted octanol–water partition coefficient (Wildman–Crippen LogP) is 5.20. The molecule has 0 bridgehead atoms. The molecule has 0 saturated heterocycles. The van der Waals surface area contributed by atoms with Crippen molar-refractivity contribution in [2.75, 3.05) is 11.1 Å². The van der Waals surface area contributed by atoms with Crippen molar-refractivity contribution in [1.82, 2.24) is 14.8 Å². The number of nitrogens with zero attached hydrogens (tertiary/aromatic N) is 4. The summed E-state index contributed by atoms with van der Waals surface area (Å²) in [5.41, 5.74) is 4.01. The zero-order valence-electron chi connectivity index (χ0n) is 19.4. The van der Waals surface area contributed by atoms with Crippen LogP contribution in [0, 0.1) is 25.2 Å². The normalized spacial score (nSPS) is 12.6. The molecule has 34 heavy (non-hydrogen) atoms. The molecule has 1 amide bonds. The number of hydrogen-bond acceptors (Lipinski definition) is 7. The number of carbonyl (C=O) groups excluding carboxylic acids is 1. The van der Waals surface area contributed by atoms with E-state index in [0.29, 0.717) is 28.1 Å². The van der Waals surface area contributed by atoms with Gasteiger partial charge in [-0.3, -0.25) is 9.36 Å². The van der Waals surface area contributed by atoms with Crippen LogP contribution in [0.2, 0.25) is 0 Å². The second-order valence-electron chi connectivity index (χ2n) is 8.27. The highest BCUT2D eigenvalue weighted by Crippen LogP contribution is 2.37. The molecule has 2 aromatic heterocycles. The Hall–Kier alpha value is -3.09. The van der Waals surface area contributed by atoms with Gasteiger partial charge in [0.05, 0.1) is 11.3 Å². The SMILES string of the molecule is C=CCn1c(COc2cc(C)cc(C)c2)nnc1SCC(=O)Nc1sc2c(c1C#N)CCCC2. The summed E-state index contributed by atoms with van der Waals surface area (Å²) in [6.45, 7) is 8.67. The second-order valence-corrected chi connectivity index (χ2v) is 10.3. The standard InChI is InChI=1S/C25H27N5O2S2/c1-4-9-30-22(14-32-18-11-16(2)10-17(3)12-18)28-29-25(30)33-15-23(31)27-24-20(13-26)19-7-5-6-8-21(19)34-24/h4,10-12H,1,5-9,14-15H2,2-3H3,(H,27,31). The van der Waals surface area contributed by atoms with Gasteiger partial charge in [-0.1, -0.05) is 23.9 Å². The third-order valence-electron chi connectivity index (χ3n) is 5.54. The Morgan fingerprint density at radius 3 is 2.79 bits per heavy atom. The summed E-state index contributed by atoms with van der Waals surface area (Å²) in [5, 5.41) is 22.4. The number of amides is 1. The smallest absolute Gasteiger partial charge is 0.235 e. The summed E-state index contributed by atoms with van der Waals surface area (Å²) >= 11 is 2.84. The van der Waals surface area contributed by atoms with Crippen molar-refractivity contribution in [1.29, 1.82) is 5.26 Å². The lowest BCUT2D eigenvalue weighted by Crippen LogP contribution is -2.15. The van der Waals surface area contributed by atoms with Gasteiger partial charge in [0.15, 0.2) is 11.0 Å². The molecule has 0 unspecified atom stereocenters. The number of benzene rings is 1. The largest absolute Gasteiger partial charge is 0.486 e. The summed E-state index contributed by atoms with van der Waals surface area (Å²) in [6.07, 6.45) is 5.89. The maximum absolute atomic E-state index is 12.7. The van der Waals surface area contributed by atoms with Gasteiger partial charge in [-0.15, -0.1) is 28.1 Å². The predicted molar refractivity (Wildman–Crippen MR) is 135 cm³/mol. The monoisotopic (exact) mass is 493 g/mol. The zero-order valence-corrected chi connectivity index (χ0v) is 21.0. The lowest BCUT2D eigenvalue weighted by molar-refractivity contribution is -0.113. The fourth-order valence-corrected chi connectivity index (χ4v) is 6.10. The molecule has 1 aliphatic carbocycles. The molecular weight excluding hydrogens is 466 g/mol. The van der Waals surface area contributed by atoms with Crippen LogP contribution in [0.25, 0.3) is 0 Å². The Morgan fingerprint density at radius 1 is 1.29 bits per heavy atom. The molecule has 0 fully saturated rings. The number of carbonyl (C=O) groups is 1. The van der Waals surface area contributed by atoms with Crippen molar-refractivity contribution >= 4 is 34.0 Å². The van der Waals surface area contributed by atoms with Crippen LogP contribution in [0.3, 0.4) is 0 Å². The van der Waals surface area contributed by atoms with E-state index in [9.17, 15) is 10.1 Å². The summed E-state index contributed by atoms with van der Waals surface area (Å²) in [6, 6.07) is 8.35. The van der Waals surface area contributed by atoms with Gasteiger partial charge in [0.2, 0.25) is 5.91 Å². The van der Waals surface area contributed by atoms with Crippen molar-refractivity contribution in [2.45, 2.75) is 57.8 Å². The van der Waals surface area contributed by atoms with Gasteiger partial charge < -0.3 is 10.1 Å². The number of aryl methyl sites for hydroxylation is 3. The van der Waals surface area contributed by atoms with E-state index in [1.54, 1.807) is 6.08 Å². The third kappa shape index (κ3) is 5.51. The third-order valence-corrected chi connectivity index (χ3v) is 7.71. The number of thiophene rings is 1. The van der Waals surface area contributed by atoms with Crippen molar-refractivity contribution in [3.05, 3.63) is 63.8 Å². The van der Waals surface area contributed by atoms with Gasteiger partial charge in [0.1, 0.15) is 23.4 Å². The highest BCUT2D eigenvalue weighted by Gasteiger charge is 2.22. The number of thioether (sulfide) groups is 1. The minimum atomic E-state index is -0.165. The fourth-order valence-electron chi connectivity index (χ4n) is 4.07. The fraction of sp³-hybridized carbons (Fsp3) is 0.360. The van der Waals surface area contributed by atoms with E-state index in [1.807, 2.05) is 30.5 Å². The Morgan fingerprint density at radius 2 is 2.06 bits per heavy atom. The summed E-state index contributed by atoms with van der Waals surface area (Å²) in [7, 11) is 0. The van der Waals surface area contributed by atoms with E-state index in [-0.39, 0.29) is 18.3 Å². The number of rotatable bonds is 9. The summed E-state index contributed by atoms with van der Waals surface area (Å²) in [4.78, 5) is 13.9. The van der Waals surface area contributed by atoms with Crippen LogP contribution in [0.4, 0.5) is 5.00 Å². The first-order chi connectivity index (χ1) is 16.5. The van der Waals surface area contributed by atoms with Crippen LogP contribution in [-0.2, 0) is 30.8 Å². The van der Waals surface area contributed by atoms with Crippen LogP contribution < -0.4 is 10.1 Å². The van der Waals surface area contributed by atoms with Crippen LogP contribution in [0.1, 0.15) is 45.8 Å². The number of nitrogens with one attached hydrogen (secondary N) is 1. The minimum Gasteiger partial charge on any atom is -0.486 e. The molecule has 2 heterocycles. The van der Waals surface area contributed by atoms with Gasteiger partial charge in [-0.25, -0.2) is 0 Å². The molecule has 0 spiro atoms. The number of ether oxygens (including phenoxy) is 1. The number of fused-ring (bicyclic) bond motifs is 1. The van der Waals surface area contributed by atoms with E-state index in [2.05, 4.69) is 34.2 Å². The Labute approximate surface area is 207 Å². The molecule has 0 radical (unpaired) electrons. The van der Waals surface area contributed by atoms with Crippen LogP contribution >= 0.6 is 23.1 Å². The van der Waals surface area contributed by atoms with Gasteiger partial charge >= 0.3 is 0 Å². The van der Waals surface area contributed by atoms with Crippen LogP contribution in [0.5, 0.6) is 5.75 Å². The Kier molecular flexibility index (Phi) is 7.70. The van der Waals surface area contributed by atoms with E-state index < -0.39 is 0 Å². The number of nitriles is 1. The highest BCUT2D eigenvalue weighted by molar-refractivity contribution is 7.99. The van der Waals surface area contributed by atoms with Crippen molar-refractivity contribution in [2.24, 2.45) is 0 Å². The number of aromatic nitrogens is 3. The van der Waals surface area contributed by atoms with Crippen molar-refractivity contribution in [3.8, 4) is 11.8 Å². The molecule has 9 heteroatoms. The maximum Gasteiger partial charge on any atom is 0.235 e. The lowest BCUT2D eigenvalue weighted by Gasteiger charge is -2.10. The molecule has 1 aliphatic rings. The van der Waals surface area contributed by atoms with Gasteiger partial charge in [0, 0.05) is 11.4 Å². The van der Waals surface area contributed by atoms with Gasteiger partial charge in [0.25, 0.3) is 0 Å². The summed E-state index contributed by atoms with van der Waals surface area (Å²) in [5.74, 6) is 1.45. The minimum absolute atomic E-state index is 0.165. The molecule has 0 aliphatic heterocycles. The Bertz CT molecular complexity index is 1230. The number of hydrogen-bond donors (Lipinski definition) is 1. The molecule has 1 N–H and O–H groups in total. The lowest BCUT2D eigenvalue weighted by atomic mass is 9.96. The van der Waals surface area contributed by atoms with Crippen LogP contribution in [0.15, 0.2) is 36.0 Å². The average Bonchev–Trinajstić information content (AvgIpc) is 3.36. The molecule has 0 atom stereocenters. The molecular formula is C25H27N5O2S2. The van der Waals surface area contributed by atoms with Gasteiger partial charge in [-0.05, 0) is 68.4 Å². The molecule has 7 nitrogen and oxygen atoms in total. The molecule has 0 saturated carbocycles. The molecule has 176 valence electrons. The van der Waals surface area contributed by atoms with Gasteiger partial charge in [-0.2, -0.15) is 5.26 Å². The van der Waals surface area contributed by atoms with E-state index in [4.69, 9.17) is 4.74 Å². The van der Waals surface area contributed by atoms with E-state index in [1.165, 1.54) is 28.0 Å². The second kappa shape index (κ2) is 10.9. The zero-order chi connectivity index (χ0) is 24.1. The quantitative estimate of drug-likeness (QED) is 0.325. The van der Waals surface area contributed by atoms with Crippen LogP contribution in [-0.4, -0.2) is 26.4 Å². The molecule has 1 aromatic carbocycles. The first-order valence-corrected chi connectivity index (χ1v) is 13.0. The number of anilines is 1. The topological polar surface area (TPSA) is 92.8 Å². The van der Waals surface area contributed by atoms with Crippen molar-refractivity contribution < 1.29 is 9.53 Å². The molecule has 3 aromatic rings.